The Balaban J connectivity index is 3.56. The van der Waals surface area contributed by atoms with Crippen LogP contribution in [0.1, 0.15) is 200 Å². The number of hydrogen-bond acceptors (Lipinski definition) is 3. The molecule has 0 bridgehead atoms. The Labute approximate surface area is 249 Å². The van der Waals surface area contributed by atoms with Crippen LogP contribution in [0.15, 0.2) is 12.2 Å². The van der Waals surface area contributed by atoms with Crippen molar-refractivity contribution in [2.24, 2.45) is 0 Å². The summed E-state index contributed by atoms with van der Waals surface area (Å²) >= 11 is 0. The number of carbonyl (C=O) groups is 2. The average molecular weight is 565 g/mol. The van der Waals surface area contributed by atoms with E-state index in [-0.39, 0.29) is 12.1 Å². The Bertz CT molecular complexity index is 571. The van der Waals surface area contributed by atoms with Gasteiger partial charge in [0.25, 0.3) is 0 Å². The van der Waals surface area contributed by atoms with E-state index in [2.05, 4.69) is 26.0 Å². The van der Waals surface area contributed by atoms with Gasteiger partial charge in [-0.3, -0.25) is 9.59 Å². The van der Waals surface area contributed by atoms with Gasteiger partial charge in [-0.25, -0.2) is 0 Å². The molecule has 0 aromatic rings. The molecule has 0 rings (SSSR count). The Kier molecular flexibility index (Phi) is 31.1. The fraction of sp³-hybridized carbons (Fsp3) is 0.889. The number of carbonyl (C=O) groups excluding carboxylic acids is 1. The van der Waals surface area contributed by atoms with Crippen molar-refractivity contribution >= 4 is 11.9 Å². The number of aliphatic carboxylic acids is 1. The molecule has 0 aliphatic heterocycles. The average Bonchev–Trinajstić information content (AvgIpc) is 2.93. The predicted octanol–water partition coefficient (Wildman–Crippen LogP) is 11.9. The molecule has 4 heteroatoms. The zero-order chi connectivity index (χ0) is 29.4. The molecule has 1 N–H and O–H groups in total. The summed E-state index contributed by atoms with van der Waals surface area (Å²) in [6, 6.07) is 0. The fourth-order valence-corrected chi connectivity index (χ4v) is 5.41. The number of unbranched alkanes of at least 4 members (excludes halogenated alkanes) is 21. The predicted molar refractivity (Wildman–Crippen MR) is 172 cm³/mol. The summed E-state index contributed by atoms with van der Waals surface area (Å²) in [6.07, 6.45) is 38.5. The Morgan fingerprint density at radius 3 is 1.43 bits per heavy atom. The third kappa shape index (κ3) is 31.2. The molecule has 0 radical (unpaired) electrons. The lowest BCUT2D eigenvalue weighted by Gasteiger charge is -2.17. The second-order valence-electron chi connectivity index (χ2n) is 12.1. The number of esters is 1. The van der Waals surface area contributed by atoms with E-state index in [1.54, 1.807) is 0 Å². The molecular weight excluding hydrogens is 496 g/mol. The van der Waals surface area contributed by atoms with Crippen molar-refractivity contribution in [2.75, 3.05) is 0 Å². The lowest BCUT2D eigenvalue weighted by Crippen LogP contribution is -2.18. The van der Waals surface area contributed by atoms with Crippen molar-refractivity contribution in [3.63, 3.8) is 0 Å². The van der Waals surface area contributed by atoms with Crippen molar-refractivity contribution in [1.82, 2.24) is 0 Å². The van der Waals surface area contributed by atoms with E-state index in [1.165, 1.54) is 122 Å². The van der Waals surface area contributed by atoms with Gasteiger partial charge < -0.3 is 9.84 Å². The highest BCUT2D eigenvalue weighted by molar-refractivity contribution is 5.69. The van der Waals surface area contributed by atoms with E-state index in [0.29, 0.717) is 12.8 Å². The van der Waals surface area contributed by atoms with Crippen LogP contribution in [0.4, 0.5) is 0 Å². The molecule has 0 amide bonds. The van der Waals surface area contributed by atoms with Crippen LogP contribution in [-0.2, 0) is 14.3 Å². The van der Waals surface area contributed by atoms with Crippen molar-refractivity contribution < 1.29 is 19.4 Å². The SMILES string of the molecule is CCCCCCCC/C=C\CCCCCCCC(=O)OC(CCC)CCCCCCCCCCCCCC(=O)O. The minimum atomic E-state index is -0.673. The topological polar surface area (TPSA) is 63.6 Å². The monoisotopic (exact) mass is 565 g/mol. The maximum absolute atomic E-state index is 12.4. The number of hydrogen-bond donors (Lipinski definition) is 1. The van der Waals surface area contributed by atoms with Gasteiger partial charge in [-0.15, -0.1) is 0 Å². The van der Waals surface area contributed by atoms with E-state index in [1.807, 2.05) is 0 Å². The van der Waals surface area contributed by atoms with Crippen LogP contribution >= 0.6 is 0 Å². The number of carboxylic acids is 1. The molecule has 1 atom stereocenters. The Morgan fingerprint density at radius 1 is 0.525 bits per heavy atom. The number of allylic oxidation sites excluding steroid dienone is 2. The summed E-state index contributed by atoms with van der Waals surface area (Å²) < 4.78 is 5.84. The molecule has 0 heterocycles. The highest BCUT2D eigenvalue weighted by Crippen LogP contribution is 2.17. The molecule has 0 aliphatic rings. The molecule has 0 aromatic heterocycles. The van der Waals surface area contributed by atoms with Gasteiger partial charge in [0.15, 0.2) is 0 Å². The van der Waals surface area contributed by atoms with E-state index in [0.717, 1.165) is 51.4 Å². The maximum atomic E-state index is 12.4. The molecule has 0 aromatic carbocycles. The Hall–Kier alpha value is -1.32. The minimum Gasteiger partial charge on any atom is -0.481 e. The normalized spacial score (nSPS) is 12.2. The highest BCUT2D eigenvalue weighted by atomic mass is 16.5. The van der Waals surface area contributed by atoms with Crippen molar-refractivity contribution in [1.29, 1.82) is 0 Å². The lowest BCUT2D eigenvalue weighted by atomic mass is 10.0. The van der Waals surface area contributed by atoms with Gasteiger partial charge in [0.1, 0.15) is 6.10 Å². The molecule has 0 saturated heterocycles. The van der Waals surface area contributed by atoms with Gasteiger partial charge in [0.05, 0.1) is 0 Å². The van der Waals surface area contributed by atoms with Crippen LogP contribution < -0.4 is 0 Å². The van der Waals surface area contributed by atoms with Gasteiger partial charge in [-0.05, 0) is 57.8 Å². The van der Waals surface area contributed by atoms with Gasteiger partial charge in [0.2, 0.25) is 0 Å². The lowest BCUT2D eigenvalue weighted by molar-refractivity contribution is -0.150. The molecule has 0 aliphatic carbocycles. The molecule has 4 nitrogen and oxygen atoms in total. The number of ether oxygens (including phenoxy) is 1. The zero-order valence-electron chi connectivity index (χ0n) is 26.9. The molecular formula is C36H68O4. The minimum absolute atomic E-state index is 0.0130. The molecule has 1 unspecified atom stereocenters. The van der Waals surface area contributed by atoms with Crippen LogP contribution in [0.25, 0.3) is 0 Å². The summed E-state index contributed by atoms with van der Waals surface area (Å²) in [5, 5.41) is 8.65. The first kappa shape index (κ1) is 38.7. The molecule has 0 fully saturated rings. The molecule has 0 saturated carbocycles. The zero-order valence-corrected chi connectivity index (χ0v) is 26.9. The van der Waals surface area contributed by atoms with Gasteiger partial charge in [0, 0.05) is 12.8 Å². The third-order valence-corrected chi connectivity index (χ3v) is 7.97. The summed E-state index contributed by atoms with van der Waals surface area (Å²) in [4.78, 5) is 22.9. The second-order valence-corrected chi connectivity index (χ2v) is 12.1. The van der Waals surface area contributed by atoms with Gasteiger partial charge in [-0.1, -0.05) is 142 Å². The van der Waals surface area contributed by atoms with Crippen molar-refractivity contribution in [3.8, 4) is 0 Å². The van der Waals surface area contributed by atoms with Crippen LogP contribution in [0.3, 0.4) is 0 Å². The van der Waals surface area contributed by atoms with Crippen LogP contribution in [0.2, 0.25) is 0 Å². The van der Waals surface area contributed by atoms with E-state index < -0.39 is 5.97 Å². The van der Waals surface area contributed by atoms with Crippen LogP contribution in [-0.4, -0.2) is 23.1 Å². The summed E-state index contributed by atoms with van der Waals surface area (Å²) in [7, 11) is 0. The van der Waals surface area contributed by atoms with Crippen molar-refractivity contribution in [3.05, 3.63) is 12.2 Å². The fourth-order valence-electron chi connectivity index (χ4n) is 5.41. The quantitative estimate of drug-likeness (QED) is 0.0501. The largest absolute Gasteiger partial charge is 0.481 e. The highest BCUT2D eigenvalue weighted by Gasteiger charge is 2.13. The first-order chi connectivity index (χ1) is 19.6. The Morgan fingerprint density at radius 2 is 0.950 bits per heavy atom. The smallest absolute Gasteiger partial charge is 0.306 e. The first-order valence-electron chi connectivity index (χ1n) is 17.7. The van der Waals surface area contributed by atoms with E-state index >= 15 is 0 Å². The van der Waals surface area contributed by atoms with Gasteiger partial charge in [-0.2, -0.15) is 0 Å². The summed E-state index contributed by atoms with van der Waals surface area (Å²) in [6.45, 7) is 4.45. The summed E-state index contributed by atoms with van der Waals surface area (Å²) in [5.41, 5.74) is 0. The summed E-state index contributed by atoms with van der Waals surface area (Å²) in [5.74, 6) is -0.660. The molecule has 236 valence electrons. The maximum Gasteiger partial charge on any atom is 0.306 e. The van der Waals surface area contributed by atoms with E-state index in [4.69, 9.17) is 9.84 Å². The van der Waals surface area contributed by atoms with Crippen LogP contribution in [0, 0.1) is 0 Å². The number of rotatable bonds is 32. The number of carboxylic acid groups (broad SMARTS) is 1. The first-order valence-corrected chi connectivity index (χ1v) is 17.7. The van der Waals surface area contributed by atoms with Crippen molar-refractivity contribution in [2.45, 2.75) is 206 Å². The second kappa shape index (κ2) is 32.2. The standard InChI is InChI=1S/C36H68O4/c1-3-5-6-7-8-9-10-11-12-13-17-20-23-26-29-33-36(39)40-34(30-4-2)31-27-24-21-18-15-14-16-19-22-25-28-32-35(37)38/h11-12,34H,3-10,13-33H2,1-2H3,(H,37,38)/b12-11-. The third-order valence-electron chi connectivity index (χ3n) is 7.97. The van der Waals surface area contributed by atoms with Gasteiger partial charge >= 0.3 is 11.9 Å². The van der Waals surface area contributed by atoms with Crippen LogP contribution in [0.5, 0.6) is 0 Å². The molecule has 0 spiro atoms. The molecule has 40 heavy (non-hydrogen) atoms. The van der Waals surface area contributed by atoms with E-state index in [9.17, 15) is 9.59 Å².